The van der Waals surface area contributed by atoms with Gasteiger partial charge in [0.2, 0.25) is 0 Å². The molecule has 166 valence electrons. The first-order valence-corrected chi connectivity index (χ1v) is 10.8. The van der Waals surface area contributed by atoms with E-state index in [9.17, 15) is 14.0 Å². The van der Waals surface area contributed by atoms with Crippen molar-refractivity contribution in [3.05, 3.63) is 77.2 Å². The van der Waals surface area contributed by atoms with Gasteiger partial charge in [0, 0.05) is 42.3 Å². The normalized spacial score (nSPS) is 16.3. The topological polar surface area (TPSA) is 56.4 Å². The highest BCUT2D eigenvalue weighted by molar-refractivity contribution is 6.21. The number of carbonyl (C=O) groups excluding carboxylic acids is 2. The van der Waals surface area contributed by atoms with Crippen molar-refractivity contribution >= 4 is 40.7 Å². The number of benzene rings is 2. The molecule has 0 atom stereocenters. The smallest absolute Gasteiger partial charge is 0.261 e. The fourth-order valence-electron chi connectivity index (χ4n) is 4.56. The third kappa shape index (κ3) is 4.08. The Morgan fingerprint density at radius 3 is 2.34 bits per heavy atom. The second-order valence-corrected chi connectivity index (χ2v) is 8.19. The van der Waals surface area contributed by atoms with E-state index in [-0.39, 0.29) is 30.0 Å². The Bertz CT molecular complexity index is 1170. The highest BCUT2D eigenvalue weighted by atomic mass is 35.5. The molecule has 2 aliphatic rings. The zero-order valence-electron chi connectivity index (χ0n) is 17.6. The predicted octanol–water partition coefficient (Wildman–Crippen LogP) is 4.89. The van der Waals surface area contributed by atoms with Gasteiger partial charge < -0.3 is 4.98 Å². The molecular weight excluding hydrogens is 429 g/mol. The maximum absolute atomic E-state index is 13.6. The molecule has 0 fully saturated rings. The molecule has 0 saturated heterocycles. The van der Waals surface area contributed by atoms with E-state index in [1.165, 1.54) is 16.5 Å². The van der Waals surface area contributed by atoms with Crippen LogP contribution in [0.3, 0.4) is 0 Å². The number of halogens is 2. The van der Waals surface area contributed by atoms with Gasteiger partial charge in [0.1, 0.15) is 5.82 Å². The highest BCUT2D eigenvalue weighted by Crippen LogP contribution is 2.30. The number of H-pyrrole nitrogens is 1. The number of imide groups is 1. The number of hydrogen-bond donors (Lipinski definition) is 1. The molecule has 2 aromatic carbocycles. The van der Waals surface area contributed by atoms with Crippen LogP contribution in [0, 0.1) is 5.82 Å². The molecule has 7 heteroatoms. The number of fused-ring (bicyclic) bond motifs is 2. The summed E-state index contributed by atoms with van der Waals surface area (Å²) in [6.45, 7) is 3.18. The Balaban J connectivity index is 0.00000245. The zero-order chi connectivity index (χ0) is 21.4. The van der Waals surface area contributed by atoms with E-state index < -0.39 is 0 Å². The zero-order valence-corrected chi connectivity index (χ0v) is 18.5. The second kappa shape index (κ2) is 9.27. The molecule has 1 aromatic heterocycles. The number of nitrogens with one attached hydrogen (secondary N) is 1. The van der Waals surface area contributed by atoms with Gasteiger partial charge in [0.15, 0.2) is 0 Å². The van der Waals surface area contributed by atoms with Crippen LogP contribution >= 0.6 is 12.4 Å². The van der Waals surface area contributed by atoms with E-state index in [0.29, 0.717) is 17.7 Å². The maximum atomic E-state index is 13.6. The number of nitrogens with zero attached hydrogens (tertiary/aromatic N) is 2. The summed E-state index contributed by atoms with van der Waals surface area (Å²) < 4.78 is 13.6. The monoisotopic (exact) mass is 453 g/mol. The van der Waals surface area contributed by atoms with Crippen LogP contribution in [-0.4, -0.2) is 52.8 Å². The molecule has 3 heterocycles. The van der Waals surface area contributed by atoms with Crippen LogP contribution in [0.25, 0.3) is 16.5 Å². The maximum Gasteiger partial charge on any atom is 0.261 e. The van der Waals surface area contributed by atoms with Crippen molar-refractivity contribution in [1.29, 1.82) is 0 Å². The standard InChI is InChI=1S/C25H24FN3O2.ClH/c26-18-7-8-23-21(15-18)22(16-27-23)17-9-13-28(14-10-17)11-3-4-12-29-24(30)19-5-1-2-6-20(19)25(29)31;/h1-2,5-9,15-16,27H,3-4,10-14H2;1H. The number of amides is 2. The summed E-state index contributed by atoms with van der Waals surface area (Å²) in [6, 6.07) is 11.9. The summed E-state index contributed by atoms with van der Waals surface area (Å²) >= 11 is 0. The molecule has 5 rings (SSSR count). The summed E-state index contributed by atoms with van der Waals surface area (Å²) in [5, 5.41) is 0.931. The number of aromatic nitrogens is 1. The first-order chi connectivity index (χ1) is 15.1. The van der Waals surface area contributed by atoms with Crippen molar-refractivity contribution in [2.45, 2.75) is 19.3 Å². The van der Waals surface area contributed by atoms with Crippen molar-refractivity contribution in [2.75, 3.05) is 26.2 Å². The van der Waals surface area contributed by atoms with E-state index in [2.05, 4.69) is 16.0 Å². The molecule has 2 amide bonds. The van der Waals surface area contributed by atoms with Crippen LogP contribution in [0.1, 0.15) is 45.5 Å². The summed E-state index contributed by atoms with van der Waals surface area (Å²) in [4.78, 5) is 31.8. The molecule has 3 aromatic rings. The predicted molar refractivity (Wildman–Crippen MR) is 126 cm³/mol. The molecule has 1 N–H and O–H groups in total. The van der Waals surface area contributed by atoms with E-state index in [1.807, 2.05) is 6.20 Å². The average Bonchev–Trinajstić information content (AvgIpc) is 3.31. The van der Waals surface area contributed by atoms with Crippen LogP contribution in [0.15, 0.2) is 54.7 Å². The SMILES string of the molecule is Cl.O=C1c2ccccc2C(=O)N1CCCCN1CC=C(c2c[nH]c3ccc(F)cc23)CC1. The molecule has 5 nitrogen and oxygen atoms in total. The largest absolute Gasteiger partial charge is 0.361 e. The summed E-state index contributed by atoms with van der Waals surface area (Å²) in [5.74, 6) is -0.577. The van der Waals surface area contributed by atoms with Gasteiger partial charge in [0.25, 0.3) is 11.8 Å². The van der Waals surface area contributed by atoms with E-state index >= 15 is 0 Å². The van der Waals surface area contributed by atoms with Gasteiger partial charge >= 0.3 is 0 Å². The minimum Gasteiger partial charge on any atom is -0.361 e. The van der Waals surface area contributed by atoms with Crippen LogP contribution in [0.4, 0.5) is 4.39 Å². The highest BCUT2D eigenvalue weighted by Gasteiger charge is 2.34. The molecule has 32 heavy (non-hydrogen) atoms. The van der Waals surface area contributed by atoms with Gasteiger partial charge in [-0.1, -0.05) is 18.2 Å². The molecule has 0 aliphatic carbocycles. The number of unbranched alkanes of at least 4 members (excludes halogenated alkanes) is 1. The Morgan fingerprint density at radius 1 is 0.938 bits per heavy atom. The summed E-state index contributed by atoms with van der Waals surface area (Å²) in [7, 11) is 0. The van der Waals surface area contributed by atoms with Gasteiger partial charge in [-0.3, -0.25) is 19.4 Å². The van der Waals surface area contributed by atoms with Crippen LogP contribution in [0.2, 0.25) is 0 Å². The third-order valence-corrected chi connectivity index (χ3v) is 6.27. The number of carbonyl (C=O) groups is 2. The number of hydrogen-bond acceptors (Lipinski definition) is 3. The number of rotatable bonds is 6. The first-order valence-electron chi connectivity index (χ1n) is 10.8. The fraction of sp³-hybridized carbons (Fsp3) is 0.280. The van der Waals surface area contributed by atoms with Gasteiger partial charge in [0.05, 0.1) is 11.1 Å². The lowest BCUT2D eigenvalue weighted by molar-refractivity contribution is 0.0650. The van der Waals surface area contributed by atoms with E-state index in [0.717, 1.165) is 55.4 Å². The fourth-order valence-corrected chi connectivity index (χ4v) is 4.56. The van der Waals surface area contributed by atoms with Crippen LogP contribution < -0.4 is 0 Å². The third-order valence-electron chi connectivity index (χ3n) is 6.27. The summed E-state index contributed by atoms with van der Waals surface area (Å²) in [6.07, 6.45) is 6.83. The van der Waals surface area contributed by atoms with E-state index in [1.54, 1.807) is 36.4 Å². The lowest BCUT2D eigenvalue weighted by atomic mass is 9.98. The lowest BCUT2D eigenvalue weighted by Crippen LogP contribution is -2.32. The molecule has 2 aliphatic heterocycles. The first kappa shape index (κ1) is 22.2. The van der Waals surface area contributed by atoms with Crippen LogP contribution in [0.5, 0.6) is 0 Å². The number of aromatic amines is 1. The average molecular weight is 454 g/mol. The molecule has 0 saturated carbocycles. The second-order valence-electron chi connectivity index (χ2n) is 8.19. The van der Waals surface area contributed by atoms with E-state index in [4.69, 9.17) is 0 Å². The van der Waals surface area contributed by atoms with Crippen LogP contribution in [-0.2, 0) is 0 Å². The van der Waals surface area contributed by atoms with Crippen molar-refractivity contribution in [3.8, 4) is 0 Å². The molecule has 0 spiro atoms. The lowest BCUT2D eigenvalue weighted by Gasteiger charge is -2.26. The van der Waals surface area contributed by atoms with Gasteiger partial charge in [-0.2, -0.15) is 0 Å². The van der Waals surface area contributed by atoms with Crippen molar-refractivity contribution in [2.24, 2.45) is 0 Å². The van der Waals surface area contributed by atoms with Crippen molar-refractivity contribution in [1.82, 2.24) is 14.8 Å². The molecule has 0 bridgehead atoms. The van der Waals surface area contributed by atoms with Crippen molar-refractivity contribution in [3.63, 3.8) is 0 Å². The Hall–Kier alpha value is -2.96. The Morgan fingerprint density at radius 2 is 1.66 bits per heavy atom. The van der Waals surface area contributed by atoms with Gasteiger partial charge in [-0.05, 0) is 61.7 Å². The Labute approximate surface area is 192 Å². The molecule has 0 radical (unpaired) electrons. The minimum atomic E-state index is -0.218. The summed E-state index contributed by atoms with van der Waals surface area (Å²) in [5.41, 5.74) is 4.31. The quantitative estimate of drug-likeness (QED) is 0.427. The Kier molecular flexibility index (Phi) is 6.44. The van der Waals surface area contributed by atoms with Crippen molar-refractivity contribution < 1.29 is 14.0 Å². The molecular formula is C25H25ClFN3O2. The minimum absolute atomic E-state index is 0. The van der Waals surface area contributed by atoms with Gasteiger partial charge in [-0.25, -0.2) is 4.39 Å². The molecule has 0 unspecified atom stereocenters. The van der Waals surface area contributed by atoms with Gasteiger partial charge in [-0.15, -0.1) is 12.4 Å².